The van der Waals surface area contributed by atoms with Crippen molar-refractivity contribution < 1.29 is 0 Å². The number of nitrogens with two attached hydrogens (primary N) is 1. The zero-order valence-electron chi connectivity index (χ0n) is 9.11. The Labute approximate surface area is 107 Å². The molecule has 0 unspecified atom stereocenters. The fourth-order valence-corrected chi connectivity index (χ4v) is 1.76. The van der Waals surface area contributed by atoms with Crippen molar-refractivity contribution in [1.82, 2.24) is 9.78 Å². The van der Waals surface area contributed by atoms with E-state index >= 15 is 0 Å². The molecule has 5 nitrogen and oxygen atoms in total. The number of hydrogen-bond donors (Lipinski definition) is 2. The number of anilines is 2. The molecule has 1 aromatic heterocycles. The molecule has 0 amide bonds. The second-order valence-corrected chi connectivity index (χ2v) is 4.27. The highest BCUT2D eigenvalue weighted by Gasteiger charge is 2.15. The molecule has 0 bridgehead atoms. The third kappa shape index (κ3) is 1.97. The van der Waals surface area contributed by atoms with Crippen LogP contribution in [0.2, 0.25) is 0 Å². The Kier molecular flexibility index (Phi) is 3.02. The summed E-state index contributed by atoms with van der Waals surface area (Å²) in [6, 6.07) is 9.56. The van der Waals surface area contributed by atoms with Gasteiger partial charge >= 0.3 is 0 Å². The van der Waals surface area contributed by atoms with E-state index < -0.39 is 0 Å². The number of nitrogens with zero attached hydrogens (tertiary/aromatic N) is 3. The second-order valence-electron chi connectivity index (χ2n) is 3.36. The summed E-state index contributed by atoms with van der Waals surface area (Å²) in [5.74, 6) is 0.812. The zero-order valence-corrected chi connectivity index (χ0v) is 10.7. The maximum absolute atomic E-state index is 9.00. The summed E-state index contributed by atoms with van der Waals surface area (Å²) in [6.45, 7) is 0. The molecule has 6 heteroatoms. The molecule has 86 valence electrons. The second kappa shape index (κ2) is 4.47. The molecule has 0 radical (unpaired) electrons. The lowest BCUT2D eigenvalue weighted by atomic mass is 10.3. The third-order valence-electron chi connectivity index (χ3n) is 2.34. The van der Waals surface area contributed by atoms with Crippen LogP contribution in [0, 0.1) is 11.3 Å². The molecule has 0 fully saturated rings. The predicted molar refractivity (Wildman–Crippen MR) is 69.9 cm³/mol. The van der Waals surface area contributed by atoms with Gasteiger partial charge in [0.2, 0.25) is 0 Å². The smallest absolute Gasteiger partial charge is 0.168 e. The minimum atomic E-state index is 0.333. The molecule has 1 aromatic carbocycles. The number of nitriles is 1. The first-order chi connectivity index (χ1) is 8.17. The first-order valence-electron chi connectivity index (χ1n) is 4.89. The number of rotatable bonds is 2. The molecule has 0 saturated heterocycles. The van der Waals surface area contributed by atoms with E-state index in [1.54, 1.807) is 7.05 Å². The highest BCUT2D eigenvalue weighted by atomic mass is 79.9. The third-order valence-corrected chi connectivity index (χ3v) is 2.87. The number of nitrogens with one attached hydrogen (secondary N) is 1. The van der Waals surface area contributed by atoms with E-state index in [2.05, 4.69) is 26.3 Å². The molecule has 3 N–H and O–H groups in total. The molecule has 2 rings (SSSR count). The summed E-state index contributed by atoms with van der Waals surface area (Å²) in [5, 5.41) is 16.1. The molecule has 0 aliphatic rings. The van der Waals surface area contributed by atoms with Crippen LogP contribution in [0.15, 0.2) is 28.7 Å². The SMILES string of the molecule is CNc1nn(-c2ccc(Br)cc2)c(N)c1C#N. The minimum Gasteiger partial charge on any atom is -0.382 e. The average molecular weight is 292 g/mol. The molecule has 1 heterocycles. The normalized spacial score (nSPS) is 9.94. The van der Waals surface area contributed by atoms with Crippen molar-refractivity contribution in [2.45, 2.75) is 0 Å². The van der Waals surface area contributed by atoms with E-state index in [4.69, 9.17) is 11.0 Å². The Bertz CT molecular complexity index is 579. The lowest BCUT2D eigenvalue weighted by Gasteiger charge is -2.03. The predicted octanol–water partition coefficient (Wildman–Crippen LogP) is 2.13. The van der Waals surface area contributed by atoms with Crippen LogP contribution >= 0.6 is 15.9 Å². The fourth-order valence-electron chi connectivity index (χ4n) is 1.50. The van der Waals surface area contributed by atoms with Gasteiger partial charge in [-0.3, -0.25) is 0 Å². The van der Waals surface area contributed by atoms with Crippen molar-refractivity contribution in [1.29, 1.82) is 5.26 Å². The maximum Gasteiger partial charge on any atom is 0.168 e. The van der Waals surface area contributed by atoms with Gasteiger partial charge in [-0.2, -0.15) is 5.26 Å². The van der Waals surface area contributed by atoms with Gasteiger partial charge in [0.15, 0.2) is 5.82 Å². The van der Waals surface area contributed by atoms with Crippen molar-refractivity contribution in [2.24, 2.45) is 0 Å². The van der Waals surface area contributed by atoms with Gasteiger partial charge in [-0.25, -0.2) is 4.68 Å². The molecule has 0 spiro atoms. The van der Waals surface area contributed by atoms with E-state index in [1.165, 1.54) is 4.68 Å². The molecule has 2 aromatic rings. The topological polar surface area (TPSA) is 79.7 Å². The monoisotopic (exact) mass is 291 g/mol. The Morgan fingerprint density at radius 3 is 2.53 bits per heavy atom. The number of hydrogen-bond acceptors (Lipinski definition) is 4. The molecule has 0 aliphatic heterocycles. The van der Waals surface area contributed by atoms with Crippen LogP contribution < -0.4 is 11.1 Å². The average Bonchev–Trinajstić information content (AvgIpc) is 2.66. The minimum absolute atomic E-state index is 0.333. The number of benzene rings is 1. The lowest BCUT2D eigenvalue weighted by molar-refractivity contribution is 0.893. The van der Waals surface area contributed by atoms with Crippen LogP contribution in [0.3, 0.4) is 0 Å². The van der Waals surface area contributed by atoms with Crippen LogP contribution in [0.1, 0.15) is 5.56 Å². The van der Waals surface area contributed by atoms with Gasteiger partial charge in [0.05, 0.1) is 5.69 Å². The van der Waals surface area contributed by atoms with Crippen LogP contribution in [-0.4, -0.2) is 16.8 Å². The fraction of sp³-hybridized carbons (Fsp3) is 0.0909. The number of halogens is 1. The van der Waals surface area contributed by atoms with Gasteiger partial charge in [-0.1, -0.05) is 15.9 Å². The van der Waals surface area contributed by atoms with Crippen molar-refractivity contribution in [3.05, 3.63) is 34.3 Å². The van der Waals surface area contributed by atoms with Crippen molar-refractivity contribution in [3.8, 4) is 11.8 Å². The Hall–Kier alpha value is -2.00. The Morgan fingerprint density at radius 2 is 2.06 bits per heavy atom. The summed E-state index contributed by atoms with van der Waals surface area (Å²) in [7, 11) is 1.70. The molecule has 0 aliphatic carbocycles. The Morgan fingerprint density at radius 1 is 1.41 bits per heavy atom. The van der Waals surface area contributed by atoms with Crippen molar-refractivity contribution in [2.75, 3.05) is 18.1 Å². The van der Waals surface area contributed by atoms with Crippen LogP contribution in [0.5, 0.6) is 0 Å². The van der Waals surface area contributed by atoms with Crippen LogP contribution in [-0.2, 0) is 0 Å². The largest absolute Gasteiger partial charge is 0.382 e. The van der Waals surface area contributed by atoms with Crippen LogP contribution in [0.4, 0.5) is 11.6 Å². The first-order valence-corrected chi connectivity index (χ1v) is 5.69. The van der Waals surface area contributed by atoms with E-state index in [0.29, 0.717) is 17.2 Å². The van der Waals surface area contributed by atoms with Gasteiger partial charge in [0.25, 0.3) is 0 Å². The maximum atomic E-state index is 9.00. The van der Waals surface area contributed by atoms with Gasteiger partial charge in [-0.15, -0.1) is 5.10 Å². The summed E-state index contributed by atoms with van der Waals surface area (Å²) in [6.07, 6.45) is 0. The van der Waals surface area contributed by atoms with Crippen molar-refractivity contribution in [3.63, 3.8) is 0 Å². The molecule has 17 heavy (non-hydrogen) atoms. The van der Waals surface area contributed by atoms with Gasteiger partial charge in [-0.05, 0) is 24.3 Å². The molecular weight excluding hydrogens is 282 g/mol. The highest BCUT2D eigenvalue weighted by molar-refractivity contribution is 9.10. The van der Waals surface area contributed by atoms with E-state index in [0.717, 1.165) is 10.2 Å². The van der Waals surface area contributed by atoms with Gasteiger partial charge < -0.3 is 11.1 Å². The zero-order chi connectivity index (χ0) is 12.4. The van der Waals surface area contributed by atoms with Gasteiger partial charge in [0.1, 0.15) is 17.5 Å². The van der Waals surface area contributed by atoms with Crippen LogP contribution in [0.25, 0.3) is 5.69 Å². The summed E-state index contributed by atoms with van der Waals surface area (Å²) < 4.78 is 2.51. The standard InChI is InChI=1S/C11H10BrN5/c1-15-11-9(6-13)10(14)17(16-11)8-4-2-7(12)3-5-8/h2-5H,14H2,1H3,(H,15,16). The summed E-state index contributed by atoms with van der Waals surface area (Å²) in [4.78, 5) is 0. The molecule has 0 saturated carbocycles. The summed E-state index contributed by atoms with van der Waals surface area (Å²) >= 11 is 3.36. The number of aromatic nitrogens is 2. The quantitative estimate of drug-likeness (QED) is 0.888. The molecular formula is C11H10BrN5. The number of nitrogen functional groups attached to an aromatic ring is 1. The first kappa shape index (κ1) is 11.5. The van der Waals surface area contributed by atoms with E-state index in [1.807, 2.05) is 30.3 Å². The lowest BCUT2D eigenvalue weighted by Crippen LogP contribution is -2.02. The van der Waals surface area contributed by atoms with E-state index in [-0.39, 0.29) is 0 Å². The van der Waals surface area contributed by atoms with Crippen molar-refractivity contribution >= 4 is 27.6 Å². The van der Waals surface area contributed by atoms with Gasteiger partial charge in [0, 0.05) is 11.5 Å². The van der Waals surface area contributed by atoms with E-state index in [9.17, 15) is 0 Å². The Balaban J connectivity index is 2.57. The summed E-state index contributed by atoms with van der Waals surface area (Å²) in [5.41, 5.74) is 7.05. The molecule has 0 atom stereocenters. The highest BCUT2D eigenvalue weighted by Crippen LogP contribution is 2.24.